The van der Waals surface area contributed by atoms with Crippen molar-refractivity contribution in [2.24, 2.45) is 13.0 Å². The molecule has 124 valence electrons. The van der Waals surface area contributed by atoms with Crippen LogP contribution in [0.3, 0.4) is 0 Å². The molecule has 1 aromatic rings. The Morgan fingerprint density at radius 1 is 1.45 bits per heavy atom. The number of hydrogen-bond acceptors (Lipinski definition) is 3. The van der Waals surface area contributed by atoms with Crippen molar-refractivity contribution >= 4 is 5.91 Å². The number of carbonyl (C=O) groups excluding carboxylic acids is 1. The minimum Gasteiger partial charge on any atom is -0.342 e. The first kappa shape index (κ1) is 17.0. The molecular formula is C17H30N4O. The summed E-state index contributed by atoms with van der Waals surface area (Å²) in [5.41, 5.74) is 0. The maximum absolute atomic E-state index is 12.6. The van der Waals surface area contributed by atoms with E-state index in [9.17, 15) is 4.79 Å². The van der Waals surface area contributed by atoms with Gasteiger partial charge in [-0.25, -0.2) is 4.98 Å². The molecule has 5 nitrogen and oxygen atoms in total. The summed E-state index contributed by atoms with van der Waals surface area (Å²) in [6, 6.07) is -0.0101. The standard InChI is InChI=1S/C17H30N4O/c1-5-20(6-2)17(22)14(3)21-10-7-8-15(13-21)12-16-18-9-11-19(16)4/h9,11,14-15H,5-8,10,12-13H2,1-4H3/t14-,15-/m1/s1. The van der Waals surface area contributed by atoms with Gasteiger partial charge in [0.15, 0.2) is 0 Å². The molecule has 0 saturated carbocycles. The van der Waals surface area contributed by atoms with Gasteiger partial charge in [0.2, 0.25) is 5.91 Å². The van der Waals surface area contributed by atoms with E-state index < -0.39 is 0 Å². The molecule has 2 heterocycles. The Bertz CT molecular complexity index is 481. The summed E-state index contributed by atoms with van der Waals surface area (Å²) in [5.74, 6) is 2.01. The molecule has 0 unspecified atom stereocenters. The molecule has 0 aliphatic carbocycles. The summed E-state index contributed by atoms with van der Waals surface area (Å²) in [4.78, 5) is 21.3. The molecule has 1 amide bonds. The van der Waals surface area contributed by atoms with Crippen molar-refractivity contribution in [1.82, 2.24) is 19.4 Å². The molecule has 1 aliphatic heterocycles. The quantitative estimate of drug-likeness (QED) is 0.806. The van der Waals surface area contributed by atoms with E-state index >= 15 is 0 Å². The van der Waals surface area contributed by atoms with Crippen LogP contribution in [0.5, 0.6) is 0 Å². The fourth-order valence-electron chi connectivity index (χ4n) is 3.42. The Morgan fingerprint density at radius 2 is 2.18 bits per heavy atom. The third-order valence-corrected chi connectivity index (χ3v) is 4.92. The second-order valence-electron chi connectivity index (χ2n) is 6.35. The van der Waals surface area contributed by atoms with Crippen molar-refractivity contribution in [2.45, 2.75) is 46.1 Å². The van der Waals surface area contributed by atoms with Crippen molar-refractivity contribution in [3.8, 4) is 0 Å². The number of likely N-dealkylation sites (N-methyl/N-ethyl adjacent to an activating group) is 1. The lowest BCUT2D eigenvalue weighted by Gasteiger charge is -2.37. The average molecular weight is 306 g/mol. The second kappa shape index (κ2) is 7.77. The monoisotopic (exact) mass is 306 g/mol. The van der Waals surface area contributed by atoms with Gasteiger partial charge in [-0.1, -0.05) is 0 Å². The van der Waals surface area contributed by atoms with E-state index in [1.165, 1.54) is 12.8 Å². The molecule has 0 bridgehead atoms. The summed E-state index contributed by atoms with van der Waals surface area (Å²) in [6.45, 7) is 9.78. The maximum Gasteiger partial charge on any atom is 0.239 e. The smallest absolute Gasteiger partial charge is 0.239 e. The normalized spacial score (nSPS) is 20.8. The van der Waals surface area contributed by atoms with E-state index in [0.717, 1.165) is 38.4 Å². The van der Waals surface area contributed by atoms with Gasteiger partial charge in [0, 0.05) is 45.5 Å². The number of aromatic nitrogens is 2. The van der Waals surface area contributed by atoms with Gasteiger partial charge in [0.1, 0.15) is 5.82 Å². The number of aryl methyl sites for hydroxylation is 1. The van der Waals surface area contributed by atoms with Crippen molar-refractivity contribution in [3.05, 3.63) is 18.2 Å². The van der Waals surface area contributed by atoms with Crippen molar-refractivity contribution in [3.63, 3.8) is 0 Å². The van der Waals surface area contributed by atoms with Gasteiger partial charge in [0.25, 0.3) is 0 Å². The molecule has 1 aliphatic rings. The number of hydrogen-bond donors (Lipinski definition) is 0. The summed E-state index contributed by atoms with van der Waals surface area (Å²) in [7, 11) is 2.05. The van der Waals surface area contributed by atoms with Gasteiger partial charge in [-0.05, 0) is 46.1 Å². The van der Waals surface area contributed by atoms with Gasteiger partial charge in [-0.3, -0.25) is 9.69 Å². The number of amides is 1. The molecular weight excluding hydrogens is 276 g/mol. The molecule has 22 heavy (non-hydrogen) atoms. The van der Waals surface area contributed by atoms with Crippen molar-refractivity contribution in [1.29, 1.82) is 0 Å². The molecule has 0 spiro atoms. The first-order valence-corrected chi connectivity index (χ1v) is 8.55. The third-order valence-electron chi connectivity index (χ3n) is 4.92. The molecule has 0 radical (unpaired) electrons. The zero-order valence-corrected chi connectivity index (χ0v) is 14.5. The van der Waals surface area contributed by atoms with Gasteiger partial charge in [-0.15, -0.1) is 0 Å². The van der Waals surface area contributed by atoms with Gasteiger partial charge >= 0.3 is 0 Å². The Hall–Kier alpha value is -1.36. The Kier molecular flexibility index (Phi) is 6.00. The second-order valence-corrected chi connectivity index (χ2v) is 6.35. The Morgan fingerprint density at radius 3 is 2.77 bits per heavy atom. The van der Waals surface area contributed by atoms with Crippen LogP contribution in [0.25, 0.3) is 0 Å². The molecule has 0 aromatic carbocycles. The number of likely N-dealkylation sites (tertiary alicyclic amines) is 1. The number of imidazole rings is 1. The Labute approximate surface area is 134 Å². The van der Waals surface area contributed by atoms with E-state index in [1.807, 2.05) is 31.1 Å². The van der Waals surface area contributed by atoms with E-state index in [2.05, 4.69) is 28.4 Å². The summed E-state index contributed by atoms with van der Waals surface area (Å²) < 4.78 is 2.10. The first-order valence-electron chi connectivity index (χ1n) is 8.55. The summed E-state index contributed by atoms with van der Waals surface area (Å²) >= 11 is 0. The highest BCUT2D eigenvalue weighted by molar-refractivity contribution is 5.81. The number of rotatable bonds is 6. The van der Waals surface area contributed by atoms with Crippen LogP contribution in [0.15, 0.2) is 12.4 Å². The topological polar surface area (TPSA) is 41.4 Å². The van der Waals surface area contributed by atoms with E-state index in [1.54, 1.807) is 0 Å². The van der Waals surface area contributed by atoms with Crippen LogP contribution in [-0.2, 0) is 18.3 Å². The average Bonchev–Trinajstić information content (AvgIpc) is 2.93. The fraction of sp³-hybridized carbons (Fsp3) is 0.765. The van der Waals surface area contributed by atoms with Crippen LogP contribution >= 0.6 is 0 Å². The molecule has 2 rings (SSSR count). The maximum atomic E-state index is 12.6. The van der Waals surface area contributed by atoms with Crippen LogP contribution in [0.2, 0.25) is 0 Å². The first-order chi connectivity index (χ1) is 10.6. The summed E-state index contributed by atoms with van der Waals surface area (Å²) in [5, 5.41) is 0. The molecule has 5 heteroatoms. The highest BCUT2D eigenvalue weighted by atomic mass is 16.2. The zero-order chi connectivity index (χ0) is 16.1. The largest absolute Gasteiger partial charge is 0.342 e. The van der Waals surface area contributed by atoms with Crippen LogP contribution in [0.1, 0.15) is 39.4 Å². The van der Waals surface area contributed by atoms with Crippen LogP contribution < -0.4 is 0 Å². The minimum absolute atomic E-state index is 0.0101. The van der Waals surface area contributed by atoms with Crippen molar-refractivity contribution < 1.29 is 4.79 Å². The lowest BCUT2D eigenvalue weighted by molar-refractivity contribution is -0.136. The summed E-state index contributed by atoms with van der Waals surface area (Å²) in [6.07, 6.45) is 7.28. The highest BCUT2D eigenvalue weighted by Gasteiger charge is 2.29. The zero-order valence-electron chi connectivity index (χ0n) is 14.5. The fourth-order valence-corrected chi connectivity index (χ4v) is 3.42. The SMILES string of the molecule is CCN(CC)C(=O)[C@@H](C)N1CCC[C@H](Cc2nccn2C)C1. The molecule has 0 N–H and O–H groups in total. The van der Waals surface area contributed by atoms with Crippen molar-refractivity contribution in [2.75, 3.05) is 26.2 Å². The number of carbonyl (C=O) groups is 1. The minimum atomic E-state index is -0.0101. The predicted molar refractivity (Wildman–Crippen MR) is 88.6 cm³/mol. The lowest BCUT2D eigenvalue weighted by atomic mass is 9.93. The molecule has 1 aromatic heterocycles. The van der Waals surface area contributed by atoms with Crippen LogP contribution in [-0.4, -0.2) is 57.5 Å². The van der Waals surface area contributed by atoms with E-state index in [4.69, 9.17) is 0 Å². The van der Waals surface area contributed by atoms with E-state index in [-0.39, 0.29) is 11.9 Å². The third kappa shape index (κ3) is 3.88. The highest BCUT2D eigenvalue weighted by Crippen LogP contribution is 2.22. The van der Waals surface area contributed by atoms with Gasteiger partial charge < -0.3 is 9.47 Å². The van der Waals surface area contributed by atoms with E-state index in [0.29, 0.717) is 5.92 Å². The lowest BCUT2D eigenvalue weighted by Crippen LogP contribution is -2.50. The number of nitrogens with zero attached hydrogens (tertiary/aromatic N) is 4. The molecule has 2 atom stereocenters. The predicted octanol–water partition coefficient (Wildman–Crippen LogP) is 1.93. The van der Waals surface area contributed by atoms with Crippen LogP contribution in [0, 0.1) is 5.92 Å². The Balaban J connectivity index is 1.95. The molecule has 1 fully saturated rings. The molecule has 1 saturated heterocycles. The van der Waals surface area contributed by atoms with Gasteiger partial charge in [-0.2, -0.15) is 0 Å². The van der Waals surface area contributed by atoms with Crippen LogP contribution in [0.4, 0.5) is 0 Å². The van der Waals surface area contributed by atoms with Gasteiger partial charge in [0.05, 0.1) is 6.04 Å². The number of piperidine rings is 1.